The summed E-state index contributed by atoms with van der Waals surface area (Å²) in [6.45, 7) is 4.57. The first-order valence-corrected chi connectivity index (χ1v) is 14.5. The van der Waals surface area contributed by atoms with Gasteiger partial charge in [-0.15, -0.1) is 0 Å². The Labute approximate surface area is 215 Å². The van der Waals surface area contributed by atoms with Gasteiger partial charge in [0.15, 0.2) is 0 Å². The van der Waals surface area contributed by atoms with Crippen molar-refractivity contribution in [3.63, 3.8) is 0 Å². The minimum absolute atomic E-state index is 0.206. The Hall–Kier alpha value is -1.43. The quantitative estimate of drug-likeness (QED) is 0.103. The van der Waals surface area contributed by atoms with E-state index in [4.69, 9.17) is 10.2 Å². The van der Waals surface area contributed by atoms with Gasteiger partial charge in [0.2, 0.25) is 0 Å². The Morgan fingerprint density at radius 2 is 1.37 bits per heavy atom. The molecule has 5 heteroatoms. The van der Waals surface area contributed by atoms with Crippen LogP contribution in [0.15, 0.2) is 18.2 Å². The molecule has 0 radical (unpaired) electrons. The van der Waals surface area contributed by atoms with Gasteiger partial charge in [0.05, 0.1) is 11.0 Å². The van der Waals surface area contributed by atoms with Crippen LogP contribution < -0.4 is 0 Å². The predicted octanol–water partition coefficient (Wildman–Crippen LogP) is 8.39. The fraction of sp³-hybridized carbons (Fsp3) is 0.767. The van der Waals surface area contributed by atoms with E-state index in [1.165, 1.54) is 108 Å². The van der Waals surface area contributed by atoms with E-state index in [1.54, 1.807) is 0 Å². The number of hydrogen-bond donors (Lipinski definition) is 1. The van der Waals surface area contributed by atoms with Gasteiger partial charge in [-0.1, -0.05) is 103 Å². The normalized spacial score (nSPS) is 11.8. The van der Waals surface area contributed by atoms with Crippen LogP contribution in [0.2, 0.25) is 0 Å². The van der Waals surface area contributed by atoms with Gasteiger partial charge in [0.1, 0.15) is 12.4 Å². The molecule has 5 nitrogen and oxygen atoms in total. The van der Waals surface area contributed by atoms with Gasteiger partial charge >= 0.3 is 0 Å². The van der Waals surface area contributed by atoms with Crippen molar-refractivity contribution in [3.8, 4) is 0 Å². The highest BCUT2D eigenvalue weighted by Gasteiger charge is 2.11. The lowest BCUT2D eigenvalue weighted by Gasteiger charge is -2.12. The van der Waals surface area contributed by atoms with Crippen LogP contribution in [0.4, 0.5) is 0 Å². The minimum atomic E-state index is 0.206. The predicted molar refractivity (Wildman–Crippen MR) is 149 cm³/mol. The summed E-state index contributed by atoms with van der Waals surface area (Å²) in [5.74, 6) is 1.20. The molecule has 0 aliphatic carbocycles. The maximum Gasteiger partial charge on any atom is 0.109 e. The second-order valence-electron chi connectivity index (χ2n) is 10.6. The van der Waals surface area contributed by atoms with E-state index in [0.29, 0.717) is 0 Å². The number of unbranched alkanes of at least 4 members (excludes halogenated alkanes) is 14. The molecule has 200 valence electrons. The smallest absolute Gasteiger partial charge is 0.109 e. The van der Waals surface area contributed by atoms with Crippen LogP contribution >= 0.6 is 0 Å². The van der Waals surface area contributed by atoms with Gasteiger partial charge in [-0.3, -0.25) is 5.26 Å². The van der Waals surface area contributed by atoms with Crippen LogP contribution in [-0.4, -0.2) is 40.3 Å². The summed E-state index contributed by atoms with van der Waals surface area (Å²) in [6, 6.07) is 6.20. The summed E-state index contributed by atoms with van der Waals surface area (Å²) in [5, 5.41) is 8.79. The maximum absolute atomic E-state index is 8.79. The Kier molecular flexibility index (Phi) is 16.0. The van der Waals surface area contributed by atoms with E-state index in [-0.39, 0.29) is 6.61 Å². The summed E-state index contributed by atoms with van der Waals surface area (Å²) >= 11 is 0. The lowest BCUT2D eigenvalue weighted by atomic mass is 10.0. The molecular weight excluding hydrogens is 434 g/mol. The van der Waals surface area contributed by atoms with Gasteiger partial charge in [-0.25, -0.2) is 9.87 Å². The van der Waals surface area contributed by atoms with E-state index in [0.717, 1.165) is 37.0 Å². The van der Waals surface area contributed by atoms with E-state index < -0.39 is 0 Å². The van der Waals surface area contributed by atoms with Crippen LogP contribution in [0.3, 0.4) is 0 Å². The average Bonchev–Trinajstić information content (AvgIpc) is 3.18. The molecule has 2 rings (SSSR count). The fourth-order valence-electron chi connectivity index (χ4n) is 5.03. The monoisotopic (exact) mass is 487 g/mol. The number of benzene rings is 1. The van der Waals surface area contributed by atoms with Gasteiger partial charge in [0, 0.05) is 13.0 Å². The number of aromatic nitrogens is 2. The highest BCUT2D eigenvalue weighted by atomic mass is 17.1. The molecule has 0 spiro atoms. The summed E-state index contributed by atoms with van der Waals surface area (Å²) in [7, 11) is 4.26. The molecule has 0 saturated carbocycles. The van der Waals surface area contributed by atoms with Crippen LogP contribution in [0.1, 0.15) is 121 Å². The molecule has 0 atom stereocenters. The highest BCUT2D eigenvalue weighted by molar-refractivity contribution is 5.77. The van der Waals surface area contributed by atoms with E-state index in [2.05, 4.69) is 41.4 Å². The summed E-state index contributed by atoms with van der Waals surface area (Å²) in [4.78, 5) is 11.5. The SMILES string of the molecule is CCCCCCCCCCCCCCCCCc1nc2cc(COO)ccc2n1CCCN(C)C. The number of imidazole rings is 1. The fourth-order valence-corrected chi connectivity index (χ4v) is 5.03. The lowest BCUT2D eigenvalue weighted by Crippen LogP contribution is -2.16. The van der Waals surface area contributed by atoms with Gasteiger partial charge in [-0.05, 0) is 51.2 Å². The summed E-state index contributed by atoms with van der Waals surface area (Å²) in [5.41, 5.74) is 3.17. The Morgan fingerprint density at radius 3 is 1.91 bits per heavy atom. The number of hydrogen-bond acceptors (Lipinski definition) is 4. The Balaban J connectivity index is 1.64. The molecule has 0 amide bonds. The zero-order valence-electron chi connectivity index (χ0n) is 23.1. The maximum atomic E-state index is 8.79. The lowest BCUT2D eigenvalue weighted by molar-refractivity contribution is -0.252. The second kappa shape index (κ2) is 18.8. The number of nitrogens with zero attached hydrogens (tertiary/aromatic N) is 3. The third-order valence-electron chi connectivity index (χ3n) is 7.11. The first-order chi connectivity index (χ1) is 17.2. The largest absolute Gasteiger partial charge is 0.328 e. The van der Waals surface area contributed by atoms with Crippen molar-refractivity contribution in [2.24, 2.45) is 0 Å². The molecule has 1 aromatic heterocycles. The van der Waals surface area contributed by atoms with E-state index in [1.807, 2.05) is 12.1 Å². The molecule has 0 unspecified atom stereocenters. The second-order valence-corrected chi connectivity index (χ2v) is 10.6. The highest BCUT2D eigenvalue weighted by Crippen LogP contribution is 2.21. The molecule has 35 heavy (non-hydrogen) atoms. The van der Waals surface area contributed by atoms with Gasteiger partial charge < -0.3 is 9.47 Å². The number of aryl methyl sites for hydroxylation is 2. The Morgan fingerprint density at radius 1 is 0.800 bits per heavy atom. The van der Waals surface area contributed by atoms with Gasteiger partial charge in [0.25, 0.3) is 0 Å². The van der Waals surface area contributed by atoms with Crippen LogP contribution in [-0.2, 0) is 24.5 Å². The number of rotatable bonds is 22. The summed E-state index contributed by atoms with van der Waals surface area (Å²) < 4.78 is 2.41. The minimum Gasteiger partial charge on any atom is -0.328 e. The third-order valence-corrected chi connectivity index (χ3v) is 7.11. The molecule has 2 aromatic rings. The third kappa shape index (κ3) is 12.4. The molecular formula is C30H53N3O2. The molecule has 0 aliphatic rings. The van der Waals surface area contributed by atoms with Crippen molar-refractivity contribution in [2.45, 2.75) is 129 Å². The van der Waals surface area contributed by atoms with E-state index >= 15 is 0 Å². The zero-order valence-corrected chi connectivity index (χ0v) is 23.1. The average molecular weight is 488 g/mol. The van der Waals surface area contributed by atoms with Crippen molar-refractivity contribution in [2.75, 3.05) is 20.6 Å². The molecule has 0 fully saturated rings. The van der Waals surface area contributed by atoms with Crippen LogP contribution in [0.25, 0.3) is 11.0 Å². The van der Waals surface area contributed by atoms with Crippen molar-refractivity contribution < 1.29 is 10.1 Å². The molecule has 0 saturated heterocycles. The standard InChI is InChI=1S/C30H53N3O2/c1-4-5-6-7-8-9-10-11-12-13-14-15-16-17-18-20-30-31-28-25-27(26-35-34)21-22-29(28)33(30)24-19-23-32(2)3/h21-22,25,34H,4-20,23-24,26H2,1-3H3. The molecule has 1 N–H and O–H groups in total. The first-order valence-electron chi connectivity index (χ1n) is 14.5. The van der Waals surface area contributed by atoms with Crippen molar-refractivity contribution in [3.05, 3.63) is 29.6 Å². The van der Waals surface area contributed by atoms with Crippen molar-refractivity contribution in [1.29, 1.82) is 0 Å². The first kappa shape index (κ1) is 29.8. The summed E-state index contributed by atoms with van der Waals surface area (Å²) in [6.07, 6.45) is 23.0. The topological polar surface area (TPSA) is 50.5 Å². The Bertz CT molecular complexity index is 787. The van der Waals surface area contributed by atoms with Crippen molar-refractivity contribution >= 4 is 11.0 Å². The molecule has 0 bridgehead atoms. The van der Waals surface area contributed by atoms with Crippen LogP contribution in [0, 0.1) is 0 Å². The molecule has 1 heterocycles. The molecule has 0 aliphatic heterocycles. The van der Waals surface area contributed by atoms with E-state index in [9.17, 15) is 0 Å². The van der Waals surface area contributed by atoms with Gasteiger partial charge in [-0.2, -0.15) is 0 Å². The molecule has 1 aromatic carbocycles. The number of fused-ring (bicyclic) bond motifs is 1. The van der Waals surface area contributed by atoms with Crippen molar-refractivity contribution in [1.82, 2.24) is 14.5 Å². The zero-order chi connectivity index (χ0) is 25.1. The van der Waals surface area contributed by atoms with Crippen LogP contribution in [0.5, 0.6) is 0 Å².